The van der Waals surface area contributed by atoms with Gasteiger partial charge >= 0.3 is 0 Å². The van der Waals surface area contributed by atoms with Crippen molar-refractivity contribution in [2.75, 3.05) is 5.32 Å². The first-order valence-electron chi connectivity index (χ1n) is 6.40. The highest BCUT2D eigenvalue weighted by Crippen LogP contribution is 2.30. The molecule has 2 nitrogen and oxygen atoms in total. The smallest absolute Gasteiger partial charge is 0.138 e. The molecule has 0 fully saturated rings. The summed E-state index contributed by atoms with van der Waals surface area (Å²) in [6, 6.07) is 7.93. The van der Waals surface area contributed by atoms with E-state index in [9.17, 15) is 0 Å². The molecule has 1 aromatic heterocycles. The lowest BCUT2D eigenvalue weighted by molar-refractivity contribution is 0.242. The lowest BCUT2D eigenvalue weighted by Gasteiger charge is -2.12. The van der Waals surface area contributed by atoms with E-state index in [-0.39, 0.29) is 6.10 Å². The third-order valence-electron chi connectivity index (χ3n) is 2.67. The molecule has 0 aliphatic rings. The minimum Gasteiger partial charge on any atom is -0.489 e. The quantitative estimate of drug-likeness (QED) is 0.706. The zero-order valence-corrected chi connectivity index (χ0v) is 14.8. The van der Waals surface area contributed by atoms with Crippen LogP contribution >= 0.6 is 38.9 Å². The molecule has 0 saturated carbocycles. The van der Waals surface area contributed by atoms with Crippen LogP contribution in [-0.2, 0) is 6.54 Å². The van der Waals surface area contributed by atoms with Gasteiger partial charge in [-0.3, -0.25) is 0 Å². The summed E-state index contributed by atoms with van der Waals surface area (Å²) in [5.41, 5.74) is 0.994. The molecule has 0 aliphatic heterocycles. The first-order chi connectivity index (χ1) is 9.45. The van der Waals surface area contributed by atoms with Crippen LogP contribution in [0.15, 0.2) is 28.7 Å². The number of halogens is 2. The van der Waals surface area contributed by atoms with Crippen molar-refractivity contribution in [2.24, 2.45) is 0 Å². The Morgan fingerprint density at radius 3 is 2.65 bits per heavy atom. The van der Waals surface area contributed by atoms with Gasteiger partial charge < -0.3 is 10.1 Å². The van der Waals surface area contributed by atoms with E-state index >= 15 is 0 Å². The molecule has 1 N–H and O–H groups in total. The van der Waals surface area contributed by atoms with Crippen LogP contribution < -0.4 is 10.1 Å². The highest BCUT2D eigenvalue weighted by molar-refractivity contribution is 9.10. The molecule has 2 aromatic rings. The summed E-state index contributed by atoms with van der Waals surface area (Å²) in [5.74, 6) is 0.724. The topological polar surface area (TPSA) is 21.3 Å². The molecule has 0 bridgehead atoms. The van der Waals surface area contributed by atoms with Crippen LogP contribution in [-0.4, -0.2) is 6.10 Å². The van der Waals surface area contributed by atoms with Crippen LogP contribution in [0, 0.1) is 6.92 Å². The van der Waals surface area contributed by atoms with E-state index in [0.717, 1.165) is 22.5 Å². The Bertz CT molecular complexity index is 578. The first-order valence-corrected chi connectivity index (χ1v) is 8.39. The number of hydrogen-bond donors (Lipinski definition) is 1. The third kappa shape index (κ3) is 4.14. The van der Waals surface area contributed by atoms with Crippen LogP contribution in [0.1, 0.15) is 23.6 Å². The molecule has 0 radical (unpaired) electrons. The summed E-state index contributed by atoms with van der Waals surface area (Å²) < 4.78 is 6.78. The fourth-order valence-corrected chi connectivity index (χ4v) is 3.52. The Morgan fingerprint density at radius 1 is 1.35 bits per heavy atom. The molecule has 0 spiro atoms. The van der Waals surface area contributed by atoms with E-state index in [1.165, 1.54) is 9.75 Å². The predicted molar refractivity (Wildman–Crippen MR) is 91.3 cm³/mol. The van der Waals surface area contributed by atoms with Crippen LogP contribution in [0.4, 0.5) is 5.69 Å². The van der Waals surface area contributed by atoms with Crippen LogP contribution in [0.2, 0.25) is 5.02 Å². The van der Waals surface area contributed by atoms with E-state index in [1.54, 1.807) is 11.3 Å². The van der Waals surface area contributed by atoms with Gasteiger partial charge in [0.15, 0.2) is 0 Å². The number of nitrogens with one attached hydrogen (secondary N) is 1. The van der Waals surface area contributed by atoms with Crippen molar-refractivity contribution in [3.05, 3.63) is 43.5 Å². The molecule has 0 saturated heterocycles. The molecular formula is C15H17BrClNOS. The van der Waals surface area contributed by atoms with Gasteiger partial charge in [0, 0.05) is 26.5 Å². The van der Waals surface area contributed by atoms with Gasteiger partial charge in [-0.05, 0) is 61.0 Å². The second kappa shape index (κ2) is 6.83. The van der Waals surface area contributed by atoms with Gasteiger partial charge in [-0.15, -0.1) is 11.3 Å². The van der Waals surface area contributed by atoms with Crippen molar-refractivity contribution in [3.63, 3.8) is 0 Å². The highest BCUT2D eigenvalue weighted by atomic mass is 79.9. The van der Waals surface area contributed by atoms with Crippen LogP contribution in [0.3, 0.4) is 0 Å². The zero-order chi connectivity index (χ0) is 14.7. The average molecular weight is 375 g/mol. The number of hydrogen-bond acceptors (Lipinski definition) is 3. The van der Waals surface area contributed by atoms with E-state index in [4.69, 9.17) is 16.3 Å². The van der Waals surface area contributed by atoms with Crippen molar-refractivity contribution < 1.29 is 4.74 Å². The van der Waals surface area contributed by atoms with Gasteiger partial charge in [0.2, 0.25) is 0 Å². The predicted octanol–water partition coefficient (Wildman–Crippen LogP) is 5.87. The second-order valence-electron chi connectivity index (χ2n) is 4.78. The lowest BCUT2D eigenvalue weighted by Crippen LogP contribution is -2.06. The summed E-state index contributed by atoms with van der Waals surface area (Å²) in [4.78, 5) is 2.58. The molecule has 2 rings (SSSR count). The molecular weight excluding hydrogens is 358 g/mol. The summed E-state index contributed by atoms with van der Waals surface area (Å²) in [5, 5.41) is 4.00. The van der Waals surface area contributed by atoms with Crippen molar-refractivity contribution >= 4 is 44.6 Å². The van der Waals surface area contributed by atoms with Gasteiger partial charge in [-0.2, -0.15) is 0 Å². The Hall–Kier alpha value is -0.710. The molecule has 1 heterocycles. The minimum atomic E-state index is 0.123. The zero-order valence-electron chi connectivity index (χ0n) is 11.7. The molecule has 0 unspecified atom stereocenters. The molecule has 1 aromatic carbocycles. The third-order valence-corrected chi connectivity index (χ3v) is 5.10. The van der Waals surface area contributed by atoms with Gasteiger partial charge in [-0.25, -0.2) is 0 Å². The average Bonchev–Trinajstić information content (AvgIpc) is 2.69. The number of anilines is 1. The SMILES string of the molecule is Cc1sc(CNc2ccc(OC(C)C)c(Cl)c2)cc1Br. The summed E-state index contributed by atoms with van der Waals surface area (Å²) >= 11 is 11.5. The van der Waals surface area contributed by atoms with Gasteiger partial charge in [0.05, 0.1) is 11.1 Å². The minimum absolute atomic E-state index is 0.123. The second-order valence-corrected chi connectivity index (χ2v) is 7.38. The Balaban J connectivity index is 2.01. The van der Waals surface area contributed by atoms with E-state index in [0.29, 0.717) is 5.02 Å². The molecule has 0 aliphatic carbocycles. The van der Waals surface area contributed by atoms with Gasteiger partial charge in [0.25, 0.3) is 0 Å². The maximum atomic E-state index is 6.21. The number of aryl methyl sites for hydroxylation is 1. The summed E-state index contributed by atoms with van der Waals surface area (Å²) in [7, 11) is 0. The summed E-state index contributed by atoms with van der Waals surface area (Å²) in [6.07, 6.45) is 0.123. The molecule has 0 amide bonds. The molecule has 5 heteroatoms. The largest absolute Gasteiger partial charge is 0.489 e. The molecule has 108 valence electrons. The van der Waals surface area contributed by atoms with Crippen molar-refractivity contribution in [1.82, 2.24) is 0 Å². The lowest BCUT2D eigenvalue weighted by atomic mass is 10.3. The normalized spacial score (nSPS) is 10.9. The van der Waals surface area contributed by atoms with E-state index in [1.807, 2.05) is 32.0 Å². The molecule has 20 heavy (non-hydrogen) atoms. The Morgan fingerprint density at radius 2 is 2.10 bits per heavy atom. The Labute approximate surface area is 137 Å². The van der Waals surface area contributed by atoms with Gasteiger partial charge in [-0.1, -0.05) is 11.6 Å². The first kappa shape index (κ1) is 15.7. The fourth-order valence-electron chi connectivity index (χ4n) is 1.75. The van der Waals surface area contributed by atoms with E-state index < -0.39 is 0 Å². The number of ether oxygens (including phenoxy) is 1. The number of rotatable bonds is 5. The monoisotopic (exact) mass is 373 g/mol. The standard InChI is InChI=1S/C15H17BrClNOS/c1-9(2)19-15-5-4-11(6-14(15)17)18-8-12-7-13(16)10(3)20-12/h4-7,9,18H,8H2,1-3H3. The molecule has 0 atom stereocenters. The van der Waals surface area contributed by atoms with Crippen LogP contribution in [0.25, 0.3) is 0 Å². The number of thiophene rings is 1. The highest BCUT2D eigenvalue weighted by Gasteiger charge is 2.06. The number of benzene rings is 1. The van der Waals surface area contributed by atoms with E-state index in [2.05, 4.69) is 34.2 Å². The maximum Gasteiger partial charge on any atom is 0.138 e. The fraction of sp³-hybridized carbons (Fsp3) is 0.333. The Kier molecular flexibility index (Phi) is 5.35. The van der Waals surface area contributed by atoms with Crippen molar-refractivity contribution in [3.8, 4) is 5.75 Å². The maximum absolute atomic E-state index is 6.21. The van der Waals surface area contributed by atoms with Crippen molar-refractivity contribution in [1.29, 1.82) is 0 Å². The van der Waals surface area contributed by atoms with Gasteiger partial charge in [0.1, 0.15) is 5.75 Å². The van der Waals surface area contributed by atoms with Crippen molar-refractivity contribution in [2.45, 2.75) is 33.4 Å². The van der Waals surface area contributed by atoms with Crippen LogP contribution in [0.5, 0.6) is 5.75 Å². The summed E-state index contributed by atoms with van der Waals surface area (Å²) in [6.45, 7) is 6.87.